The number of rotatable bonds is 8. The molecule has 0 aliphatic carbocycles. The van der Waals surface area contributed by atoms with Gasteiger partial charge in [-0.05, 0) is 79.9 Å². The van der Waals surface area contributed by atoms with Crippen LogP contribution in [0.15, 0.2) is 83.8 Å². The fraction of sp³-hybridized carbons (Fsp3) is 0.286. The molecule has 1 saturated heterocycles. The number of ether oxygens (including phenoxy) is 1. The first-order valence-electron chi connectivity index (χ1n) is 15.1. The number of hydrogen-bond acceptors (Lipinski definition) is 6. The van der Waals surface area contributed by atoms with Crippen molar-refractivity contribution in [1.82, 2.24) is 9.80 Å². The van der Waals surface area contributed by atoms with E-state index < -0.39 is 21.7 Å². The Morgan fingerprint density at radius 3 is 2.13 bits per heavy atom. The number of hydrogen-bond donors (Lipinski definition) is 1. The minimum atomic E-state index is -3.97. The van der Waals surface area contributed by atoms with Crippen molar-refractivity contribution in [2.45, 2.75) is 44.1 Å². The number of aryl methyl sites for hydroxylation is 1. The molecule has 1 fully saturated rings. The quantitative estimate of drug-likeness (QED) is 0.192. The van der Waals surface area contributed by atoms with Crippen LogP contribution in [-0.2, 0) is 21.2 Å². The molecule has 4 aromatic rings. The van der Waals surface area contributed by atoms with Gasteiger partial charge in [-0.1, -0.05) is 65.7 Å². The van der Waals surface area contributed by atoms with E-state index in [1.165, 1.54) is 18.2 Å². The maximum atomic E-state index is 13.5. The average Bonchev–Trinajstić information content (AvgIpc) is 3.01. The van der Waals surface area contributed by atoms with Gasteiger partial charge in [0.1, 0.15) is 5.60 Å². The van der Waals surface area contributed by atoms with Crippen molar-refractivity contribution in [2.75, 3.05) is 30.9 Å². The third-order valence-corrected chi connectivity index (χ3v) is 9.46. The molecule has 1 aliphatic heterocycles. The summed E-state index contributed by atoms with van der Waals surface area (Å²) in [6.45, 7) is 6.96. The molecule has 0 aromatic heterocycles. The van der Waals surface area contributed by atoms with Crippen LogP contribution in [0.3, 0.4) is 0 Å². The number of benzene rings is 4. The van der Waals surface area contributed by atoms with E-state index in [4.69, 9.17) is 27.9 Å². The van der Waals surface area contributed by atoms with Gasteiger partial charge in [0.2, 0.25) is 0 Å². The largest absolute Gasteiger partial charge is 0.444 e. The molecular weight excluding hydrogens is 661 g/mol. The Kier molecular flexibility index (Phi) is 10.1. The lowest BCUT2D eigenvalue weighted by molar-refractivity contribution is 0.0140. The molecule has 246 valence electrons. The Labute approximate surface area is 284 Å². The lowest BCUT2D eigenvalue weighted by Crippen LogP contribution is -2.51. The van der Waals surface area contributed by atoms with Crippen LogP contribution in [0, 0.1) is 0 Å². The highest BCUT2D eigenvalue weighted by molar-refractivity contribution is 7.92. The fourth-order valence-corrected chi connectivity index (χ4v) is 7.18. The number of Topliss-reactive ketones (excluding diaryl/α,β-unsaturated/α-hetero) is 1. The third-order valence-electron chi connectivity index (χ3n) is 7.67. The molecule has 0 saturated carbocycles. The number of amides is 2. The highest BCUT2D eigenvalue weighted by atomic mass is 35.5. The first-order chi connectivity index (χ1) is 22.2. The number of fused-ring (bicyclic) bond motifs is 1. The molecule has 0 bridgehead atoms. The number of sulfonamides is 1. The number of nitrogens with zero attached hydrogens (tertiary/aromatic N) is 2. The van der Waals surface area contributed by atoms with Crippen LogP contribution in [0.25, 0.3) is 10.8 Å². The van der Waals surface area contributed by atoms with Gasteiger partial charge < -0.3 is 14.5 Å². The molecule has 2 amide bonds. The maximum absolute atomic E-state index is 13.5. The second-order valence-corrected chi connectivity index (χ2v) is 14.8. The molecule has 0 radical (unpaired) electrons. The molecule has 1 aliphatic rings. The van der Waals surface area contributed by atoms with E-state index in [9.17, 15) is 22.8 Å². The Hall–Kier alpha value is -4.12. The number of piperazine rings is 1. The van der Waals surface area contributed by atoms with Crippen molar-refractivity contribution >= 4 is 67.5 Å². The third kappa shape index (κ3) is 8.43. The standard InChI is InChI=1S/C35H35Cl2N3O6S/c1-35(2,3)46-34(43)40-17-15-39(16-18-40)33(42)30-9-5-4-7-23(30)11-14-32(41)31-10-6-8-24-19-27(12-13-29(24)31)38-47(44,45)28-21-25(36)20-26(37)22-28/h4-10,12-13,19-22,38H,11,14-18H2,1-3H3. The second kappa shape index (κ2) is 13.9. The van der Waals surface area contributed by atoms with Crippen molar-refractivity contribution < 1.29 is 27.5 Å². The molecule has 0 atom stereocenters. The number of halogens is 2. The summed E-state index contributed by atoms with van der Waals surface area (Å²) in [6, 6.07) is 21.6. The van der Waals surface area contributed by atoms with Crippen LogP contribution >= 0.6 is 23.2 Å². The minimum absolute atomic E-state index is 0.0687. The topological polar surface area (TPSA) is 113 Å². The lowest BCUT2D eigenvalue weighted by atomic mass is 9.95. The van der Waals surface area contributed by atoms with Crippen LogP contribution in [0.1, 0.15) is 53.5 Å². The smallest absolute Gasteiger partial charge is 0.410 e. The minimum Gasteiger partial charge on any atom is -0.444 e. The van der Waals surface area contributed by atoms with Gasteiger partial charge >= 0.3 is 6.09 Å². The molecule has 0 unspecified atom stereocenters. The normalized spacial score (nSPS) is 13.8. The van der Waals surface area contributed by atoms with Crippen LogP contribution in [0.4, 0.5) is 10.5 Å². The van der Waals surface area contributed by atoms with E-state index in [1.54, 1.807) is 58.3 Å². The summed E-state index contributed by atoms with van der Waals surface area (Å²) >= 11 is 12.0. The number of carbonyl (C=O) groups is 3. The number of ketones is 1. The maximum Gasteiger partial charge on any atom is 0.410 e. The van der Waals surface area contributed by atoms with Crippen LogP contribution in [0.2, 0.25) is 10.0 Å². The van der Waals surface area contributed by atoms with Crippen LogP contribution in [-0.4, -0.2) is 67.8 Å². The SMILES string of the molecule is CC(C)(C)OC(=O)N1CCN(C(=O)c2ccccc2CCC(=O)c2cccc3cc(NS(=O)(=O)c4cc(Cl)cc(Cl)c4)ccc23)CC1. The van der Waals surface area contributed by atoms with Gasteiger partial charge in [-0.25, -0.2) is 13.2 Å². The molecule has 1 N–H and O–H groups in total. The zero-order valence-corrected chi connectivity index (χ0v) is 28.6. The number of anilines is 1. The fourth-order valence-electron chi connectivity index (χ4n) is 5.41. The summed E-state index contributed by atoms with van der Waals surface area (Å²) < 4.78 is 33.9. The highest BCUT2D eigenvalue weighted by Gasteiger charge is 2.29. The molecule has 12 heteroatoms. The van der Waals surface area contributed by atoms with Gasteiger partial charge in [-0.3, -0.25) is 14.3 Å². The van der Waals surface area contributed by atoms with Crippen molar-refractivity contribution in [1.29, 1.82) is 0 Å². The van der Waals surface area contributed by atoms with E-state index in [0.717, 1.165) is 5.56 Å². The monoisotopic (exact) mass is 695 g/mol. The van der Waals surface area contributed by atoms with Crippen LogP contribution in [0.5, 0.6) is 0 Å². The number of nitrogens with one attached hydrogen (secondary N) is 1. The van der Waals surface area contributed by atoms with Gasteiger partial charge in [0.25, 0.3) is 15.9 Å². The van der Waals surface area contributed by atoms with E-state index in [-0.39, 0.29) is 33.1 Å². The summed E-state index contributed by atoms with van der Waals surface area (Å²) in [5.74, 6) is -0.247. The van der Waals surface area contributed by atoms with Crippen molar-refractivity contribution in [3.8, 4) is 0 Å². The molecular formula is C35H35Cl2N3O6S. The van der Waals surface area contributed by atoms with Gasteiger partial charge in [0, 0.05) is 59.5 Å². The molecule has 0 spiro atoms. The summed E-state index contributed by atoms with van der Waals surface area (Å²) in [5, 5.41) is 1.76. The molecule has 47 heavy (non-hydrogen) atoms. The lowest BCUT2D eigenvalue weighted by Gasteiger charge is -2.35. The molecule has 1 heterocycles. The Morgan fingerprint density at radius 2 is 1.45 bits per heavy atom. The zero-order valence-electron chi connectivity index (χ0n) is 26.3. The highest BCUT2D eigenvalue weighted by Crippen LogP contribution is 2.28. The first kappa shape index (κ1) is 34.2. The number of carbonyl (C=O) groups excluding carboxylic acids is 3. The molecule has 4 aromatic carbocycles. The van der Waals surface area contributed by atoms with Crippen molar-refractivity contribution in [3.63, 3.8) is 0 Å². The van der Waals surface area contributed by atoms with E-state index in [2.05, 4.69) is 4.72 Å². The predicted molar refractivity (Wildman–Crippen MR) is 184 cm³/mol. The Morgan fingerprint density at radius 1 is 0.809 bits per heavy atom. The molecule has 5 rings (SSSR count). The Bertz CT molecular complexity index is 1930. The van der Waals surface area contributed by atoms with Crippen LogP contribution < -0.4 is 4.72 Å². The van der Waals surface area contributed by atoms with Crippen molar-refractivity contribution in [2.24, 2.45) is 0 Å². The zero-order chi connectivity index (χ0) is 33.9. The summed E-state index contributed by atoms with van der Waals surface area (Å²) in [7, 11) is -3.97. The van der Waals surface area contributed by atoms with Gasteiger partial charge in [0.15, 0.2) is 5.78 Å². The van der Waals surface area contributed by atoms with E-state index in [0.29, 0.717) is 60.2 Å². The predicted octanol–water partition coefficient (Wildman–Crippen LogP) is 7.46. The Balaban J connectivity index is 1.25. The van der Waals surface area contributed by atoms with E-state index in [1.807, 2.05) is 32.9 Å². The summed E-state index contributed by atoms with van der Waals surface area (Å²) in [4.78, 5) is 42.7. The van der Waals surface area contributed by atoms with E-state index >= 15 is 0 Å². The first-order valence-corrected chi connectivity index (χ1v) is 17.3. The van der Waals surface area contributed by atoms with Gasteiger partial charge in [-0.2, -0.15) is 0 Å². The van der Waals surface area contributed by atoms with Crippen molar-refractivity contribution in [3.05, 3.63) is 106 Å². The summed E-state index contributed by atoms with van der Waals surface area (Å²) in [5.41, 5.74) is 1.52. The molecule has 9 nitrogen and oxygen atoms in total. The average molecular weight is 697 g/mol. The second-order valence-electron chi connectivity index (χ2n) is 12.3. The van der Waals surface area contributed by atoms with Gasteiger partial charge in [-0.15, -0.1) is 0 Å². The summed E-state index contributed by atoms with van der Waals surface area (Å²) in [6.07, 6.45) is 0.131. The van der Waals surface area contributed by atoms with Gasteiger partial charge in [0.05, 0.1) is 4.90 Å².